The van der Waals surface area contributed by atoms with Crippen molar-refractivity contribution in [3.63, 3.8) is 0 Å². The molecule has 1 aromatic heterocycles. The summed E-state index contributed by atoms with van der Waals surface area (Å²) in [5, 5.41) is 7.10. The van der Waals surface area contributed by atoms with E-state index in [0.29, 0.717) is 13.2 Å². The Balaban J connectivity index is 1.42. The number of hydrogen-bond acceptors (Lipinski definition) is 4. The zero-order chi connectivity index (χ0) is 16.8. The summed E-state index contributed by atoms with van der Waals surface area (Å²) in [6.45, 7) is 4.06. The summed E-state index contributed by atoms with van der Waals surface area (Å²) in [5.74, 6) is -0.150. The number of benzene rings is 1. The van der Waals surface area contributed by atoms with Crippen molar-refractivity contribution in [2.24, 2.45) is 0 Å². The fraction of sp³-hybridized carbons (Fsp3) is 0.444. The van der Waals surface area contributed by atoms with E-state index in [1.54, 1.807) is 0 Å². The van der Waals surface area contributed by atoms with Crippen LogP contribution >= 0.6 is 0 Å². The molecule has 3 rings (SSSR count). The first kappa shape index (κ1) is 16.7. The number of aryl methyl sites for hydroxylation is 1. The van der Waals surface area contributed by atoms with Crippen LogP contribution < -0.4 is 5.32 Å². The molecule has 1 fully saturated rings. The molecule has 1 atom stereocenters. The number of anilines is 1. The van der Waals surface area contributed by atoms with Crippen LogP contribution in [0.15, 0.2) is 36.7 Å². The lowest BCUT2D eigenvalue weighted by molar-refractivity contribution is -0.121. The summed E-state index contributed by atoms with van der Waals surface area (Å²) in [7, 11) is 0. The number of carbonyl (C=O) groups excluding carboxylic acids is 1. The van der Waals surface area contributed by atoms with Crippen molar-refractivity contribution in [3.05, 3.63) is 47.8 Å². The maximum Gasteiger partial charge on any atom is 0.250 e. The van der Waals surface area contributed by atoms with Gasteiger partial charge in [-0.25, -0.2) is 0 Å². The van der Waals surface area contributed by atoms with E-state index >= 15 is 0 Å². The smallest absolute Gasteiger partial charge is 0.250 e. The number of ether oxygens (including phenoxy) is 2. The maximum atomic E-state index is 11.9. The largest absolute Gasteiger partial charge is 0.376 e. The molecule has 1 amide bonds. The molecule has 2 heterocycles. The molecule has 1 aromatic carbocycles. The molecular formula is C18H23N3O3. The molecule has 0 bridgehead atoms. The fourth-order valence-electron chi connectivity index (χ4n) is 2.69. The van der Waals surface area contributed by atoms with Crippen LogP contribution in [0.4, 0.5) is 5.69 Å². The van der Waals surface area contributed by atoms with E-state index in [0.717, 1.165) is 36.3 Å². The lowest BCUT2D eigenvalue weighted by Gasteiger charge is -2.10. The predicted octanol–water partition coefficient (Wildman–Crippen LogP) is 2.37. The van der Waals surface area contributed by atoms with Gasteiger partial charge in [0, 0.05) is 18.5 Å². The molecule has 1 unspecified atom stereocenters. The second-order valence-corrected chi connectivity index (χ2v) is 6.11. The number of carbonyl (C=O) groups is 1. The number of rotatable bonds is 7. The Morgan fingerprint density at radius 3 is 2.92 bits per heavy atom. The zero-order valence-corrected chi connectivity index (χ0v) is 13.9. The maximum absolute atomic E-state index is 11.9. The normalized spacial score (nSPS) is 17.1. The molecule has 1 aliphatic heterocycles. The highest BCUT2D eigenvalue weighted by molar-refractivity contribution is 5.91. The van der Waals surface area contributed by atoms with Gasteiger partial charge in [0.25, 0.3) is 0 Å². The van der Waals surface area contributed by atoms with Crippen LogP contribution in [0.25, 0.3) is 0 Å². The minimum absolute atomic E-state index is 0.0498. The molecular weight excluding hydrogens is 306 g/mol. The molecule has 0 aliphatic carbocycles. The first-order chi connectivity index (χ1) is 11.7. The third-order valence-electron chi connectivity index (χ3n) is 3.91. The van der Waals surface area contributed by atoms with Crippen LogP contribution in [-0.2, 0) is 20.8 Å². The Labute approximate surface area is 141 Å². The van der Waals surface area contributed by atoms with E-state index in [9.17, 15) is 4.79 Å². The van der Waals surface area contributed by atoms with Crippen molar-refractivity contribution in [1.82, 2.24) is 9.78 Å². The predicted molar refractivity (Wildman–Crippen MR) is 90.9 cm³/mol. The quantitative estimate of drug-likeness (QED) is 0.847. The van der Waals surface area contributed by atoms with Gasteiger partial charge in [0.05, 0.1) is 25.5 Å². The van der Waals surface area contributed by atoms with Crippen molar-refractivity contribution in [3.8, 4) is 0 Å². The van der Waals surface area contributed by atoms with Crippen molar-refractivity contribution < 1.29 is 14.3 Å². The molecule has 6 heteroatoms. The molecule has 0 saturated carbocycles. The zero-order valence-electron chi connectivity index (χ0n) is 13.9. The highest BCUT2D eigenvalue weighted by atomic mass is 16.5. The van der Waals surface area contributed by atoms with Gasteiger partial charge in [0.2, 0.25) is 5.91 Å². The molecule has 24 heavy (non-hydrogen) atoms. The van der Waals surface area contributed by atoms with Gasteiger partial charge in [-0.15, -0.1) is 0 Å². The summed E-state index contributed by atoms with van der Waals surface area (Å²) < 4.78 is 12.8. The average molecular weight is 329 g/mol. The Hall–Kier alpha value is -2.18. The Morgan fingerprint density at radius 2 is 2.25 bits per heavy atom. The molecule has 1 aliphatic rings. The highest BCUT2D eigenvalue weighted by Crippen LogP contribution is 2.13. The van der Waals surface area contributed by atoms with Crippen molar-refractivity contribution >= 4 is 11.6 Å². The monoisotopic (exact) mass is 329 g/mol. The molecule has 1 saturated heterocycles. The summed E-state index contributed by atoms with van der Waals surface area (Å²) in [6.07, 6.45) is 6.07. The van der Waals surface area contributed by atoms with E-state index in [2.05, 4.69) is 10.4 Å². The van der Waals surface area contributed by atoms with E-state index < -0.39 is 0 Å². The Bertz CT molecular complexity index is 660. The third-order valence-corrected chi connectivity index (χ3v) is 3.91. The molecule has 0 spiro atoms. The van der Waals surface area contributed by atoms with Crippen LogP contribution in [0, 0.1) is 6.92 Å². The first-order valence-corrected chi connectivity index (χ1v) is 8.26. The Morgan fingerprint density at radius 1 is 1.42 bits per heavy atom. The van der Waals surface area contributed by atoms with E-state index in [4.69, 9.17) is 9.47 Å². The molecule has 2 aromatic rings. The average Bonchev–Trinajstić information content (AvgIpc) is 3.21. The fourth-order valence-corrected chi connectivity index (χ4v) is 2.69. The number of aromatic nitrogens is 2. The standard InChI is InChI=1S/C18H23N3O3/c1-14-9-19-21(10-14)11-15-4-6-16(7-5-15)20-18(22)13-23-12-17-3-2-8-24-17/h4-7,9-10,17H,2-3,8,11-13H2,1H3,(H,20,22). The molecule has 6 nitrogen and oxygen atoms in total. The van der Waals surface area contributed by atoms with Gasteiger partial charge in [-0.05, 0) is 43.0 Å². The molecule has 0 radical (unpaired) electrons. The van der Waals surface area contributed by atoms with Gasteiger partial charge in [-0.2, -0.15) is 5.10 Å². The van der Waals surface area contributed by atoms with Gasteiger partial charge < -0.3 is 14.8 Å². The number of hydrogen-bond donors (Lipinski definition) is 1. The van der Waals surface area contributed by atoms with E-state index in [1.807, 2.05) is 48.3 Å². The second kappa shape index (κ2) is 8.08. The topological polar surface area (TPSA) is 65.4 Å². The van der Waals surface area contributed by atoms with Gasteiger partial charge in [0.15, 0.2) is 0 Å². The van der Waals surface area contributed by atoms with Gasteiger partial charge in [0.1, 0.15) is 6.61 Å². The van der Waals surface area contributed by atoms with Crippen LogP contribution in [-0.4, -0.2) is 41.6 Å². The van der Waals surface area contributed by atoms with Gasteiger partial charge in [-0.1, -0.05) is 12.1 Å². The summed E-state index contributed by atoms with van der Waals surface area (Å²) in [4.78, 5) is 11.9. The van der Waals surface area contributed by atoms with E-state index in [-0.39, 0.29) is 18.6 Å². The molecule has 128 valence electrons. The number of nitrogens with one attached hydrogen (secondary N) is 1. The van der Waals surface area contributed by atoms with Crippen LogP contribution in [0.3, 0.4) is 0 Å². The third kappa shape index (κ3) is 4.91. The van der Waals surface area contributed by atoms with Crippen molar-refractivity contribution in [1.29, 1.82) is 0 Å². The second-order valence-electron chi connectivity index (χ2n) is 6.11. The van der Waals surface area contributed by atoms with E-state index in [1.165, 1.54) is 0 Å². The SMILES string of the molecule is Cc1cnn(Cc2ccc(NC(=O)COCC3CCCO3)cc2)c1. The van der Waals surface area contributed by atoms with Crippen LogP contribution in [0.2, 0.25) is 0 Å². The lowest BCUT2D eigenvalue weighted by Crippen LogP contribution is -2.22. The van der Waals surface area contributed by atoms with Crippen LogP contribution in [0.1, 0.15) is 24.0 Å². The first-order valence-electron chi connectivity index (χ1n) is 8.26. The molecule has 1 N–H and O–H groups in total. The minimum Gasteiger partial charge on any atom is -0.376 e. The summed E-state index contributed by atoms with van der Waals surface area (Å²) >= 11 is 0. The minimum atomic E-state index is -0.150. The number of amides is 1. The van der Waals surface area contributed by atoms with Gasteiger partial charge >= 0.3 is 0 Å². The highest BCUT2D eigenvalue weighted by Gasteiger charge is 2.15. The van der Waals surface area contributed by atoms with Gasteiger partial charge in [-0.3, -0.25) is 9.48 Å². The summed E-state index contributed by atoms with van der Waals surface area (Å²) in [5.41, 5.74) is 3.04. The lowest BCUT2D eigenvalue weighted by atomic mass is 10.2. The summed E-state index contributed by atoms with van der Waals surface area (Å²) in [6, 6.07) is 7.76. The van der Waals surface area contributed by atoms with Crippen molar-refractivity contribution in [2.45, 2.75) is 32.4 Å². The van der Waals surface area contributed by atoms with Crippen molar-refractivity contribution in [2.75, 3.05) is 25.1 Å². The Kier molecular flexibility index (Phi) is 5.61. The van der Waals surface area contributed by atoms with Crippen LogP contribution in [0.5, 0.6) is 0 Å². The number of nitrogens with zero attached hydrogens (tertiary/aromatic N) is 2.